The van der Waals surface area contributed by atoms with Crippen LogP contribution in [0.3, 0.4) is 0 Å². The molecule has 0 bridgehead atoms. The Hall–Kier alpha value is -2.86. The fraction of sp³-hybridized carbons (Fsp3) is 0.440. The van der Waals surface area contributed by atoms with Crippen LogP contribution in [0.4, 0.5) is 4.79 Å². The Morgan fingerprint density at radius 3 is 2.06 bits per heavy atom. The van der Waals surface area contributed by atoms with Crippen LogP contribution in [0.1, 0.15) is 25.0 Å². The fourth-order valence-electron chi connectivity index (χ4n) is 3.84. The number of carbonyl (C=O) groups excluding carboxylic acids is 2. The van der Waals surface area contributed by atoms with Crippen LogP contribution in [0.5, 0.6) is 0 Å². The highest BCUT2D eigenvalue weighted by atomic mass is 16.5. The molecule has 1 heterocycles. The lowest BCUT2D eigenvalue weighted by Crippen LogP contribution is -2.55. The number of ether oxygens (including phenoxy) is 1. The van der Waals surface area contributed by atoms with E-state index in [1.54, 1.807) is 0 Å². The second-order valence-corrected chi connectivity index (χ2v) is 8.47. The molecule has 0 aliphatic carbocycles. The van der Waals surface area contributed by atoms with Crippen LogP contribution in [-0.2, 0) is 22.6 Å². The Morgan fingerprint density at radius 2 is 1.48 bits per heavy atom. The molecule has 1 N–H and O–H groups in total. The maximum atomic E-state index is 13.3. The first kappa shape index (κ1) is 22.8. The zero-order chi connectivity index (χ0) is 22.1. The fourth-order valence-corrected chi connectivity index (χ4v) is 3.84. The Labute approximate surface area is 185 Å². The van der Waals surface area contributed by atoms with E-state index in [2.05, 4.69) is 24.1 Å². The van der Waals surface area contributed by atoms with Gasteiger partial charge in [0.15, 0.2) is 0 Å². The zero-order valence-electron chi connectivity index (χ0n) is 18.5. The molecule has 3 rings (SSSR count). The summed E-state index contributed by atoms with van der Waals surface area (Å²) >= 11 is 0. The molecule has 31 heavy (non-hydrogen) atoms. The van der Waals surface area contributed by atoms with Crippen LogP contribution in [0.15, 0.2) is 60.7 Å². The predicted molar refractivity (Wildman–Crippen MR) is 122 cm³/mol. The van der Waals surface area contributed by atoms with Crippen LogP contribution in [0, 0.1) is 5.92 Å². The molecular formula is C25H33N3O3. The quantitative estimate of drug-likeness (QED) is 0.708. The largest absolute Gasteiger partial charge is 0.445 e. The number of hydrogen-bond donors (Lipinski definition) is 1. The van der Waals surface area contributed by atoms with Crippen LogP contribution >= 0.6 is 0 Å². The molecule has 2 aromatic rings. The van der Waals surface area contributed by atoms with Gasteiger partial charge in [-0.15, -0.1) is 0 Å². The van der Waals surface area contributed by atoms with Gasteiger partial charge in [0.25, 0.3) is 0 Å². The first-order valence-corrected chi connectivity index (χ1v) is 11.0. The number of nitrogens with zero attached hydrogens (tertiary/aromatic N) is 2. The Kier molecular flexibility index (Phi) is 8.47. The molecule has 1 saturated heterocycles. The van der Waals surface area contributed by atoms with E-state index in [4.69, 9.17) is 4.74 Å². The number of benzene rings is 2. The number of rotatable bonds is 8. The molecule has 0 unspecified atom stereocenters. The van der Waals surface area contributed by atoms with Crippen molar-refractivity contribution in [2.24, 2.45) is 5.92 Å². The highest BCUT2D eigenvalue weighted by molar-refractivity contribution is 5.86. The third-order valence-corrected chi connectivity index (χ3v) is 5.39. The first-order chi connectivity index (χ1) is 15.0. The van der Waals surface area contributed by atoms with E-state index >= 15 is 0 Å². The number of nitrogens with one attached hydrogen (secondary N) is 1. The van der Waals surface area contributed by atoms with Crippen molar-refractivity contribution >= 4 is 12.0 Å². The van der Waals surface area contributed by atoms with Crippen molar-refractivity contribution in [1.29, 1.82) is 0 Å². The summed E-state index contributed by atoms with van der Waals surface area (Å²) < 4.78 is 5.37. The van der Waals surface area contributed by atoms with E-state index in [1.807, 2.05) is 65.6 Å². The van der Waals surface area contributed by atoms with Crippen LogP contribution < -0.4 is 5.32 Å². The third-order valence-electron chi connectivity index (χ3n) is 5.39. The van der Waals surface area contributed by atoms with Crippen LogP contribution in [0.2, 0.25) is 0 Å². The highest BCUT2D eigenvalue weighted by Crippen LogP contribution is 2.11. The van der Waals surface area contributed by atoms with E-state index in [1.165, 1.54) is 0 Å². The second kappa shape index (κ2) is 11.5. The lowest BCUT2D eigenvalue weighted by molar-refractivity contribution is -0.135. The molecule has 0 radical (unpaired) electrons. The molecule has 1 aliphatic heterocycles. The van der Waals surface area contributed by atoms with Crippen molar-refractivity contribution in [2.45, 2.75) is 32.9 Å². The molecule has 0 spiro atoms. The van der Waals surface area contributed by atoms with E-state index in [9.17, 15) is 9.59 Å². The highest BCUT2D eigenvalue weighted by Gasteiger charge is 2.29. The minimum atomic E-state index is -0.651. The van der Waals surface area contributed by atoms with E-state index in [-0.39, 0.29) is 12.5 Å². The summed E-state index contributed by atoms with van der Waals surface area (Å²) in [5.41, 5.74) is 1.91. The molecule has 0 aromatic heterocycles. The molecule has 1 fully saturated rings. The molecule has 6 heteroatoms. The molecule has 166 valence electrons. The predicted octanol–water partition coefficient (Wildman–Crippen LogP) is 3.32. The first-order valence-electron chi connectivity index (χ1n) is 11.0. The molecule has 1 atom stereocenters. The van der Waals surface area contributed by atoms with Crippen molar-refractivity contribution in [3.8, 4) is 0 Å². The number of amides is 2. The number of piperazine rings is 1. The van der Waals surface area contributed by atoms with Gasteiger partial charge < -0.3 is 15.0 Å². The smallest absolute Gasteiger partial charge is 0.408 e. The molecule has 2 aromatic carbocycles. The number of carbonyl (C=O) groups is 2. The van der Waals surface area contributed by atoms with Gasteiger partial charge in [-0.2, -0.15) is 0 Å². The standard InChI is InChI=1S/C25H33N3O3/c1-20(2)18-27-13-15-28(16-14-27)24(29)23(17-21-9-5-3-6-10-21)26-25(30)31-19-22-11-7-4-8-12-22/h3-12,20,23H,13-19H2,1-2H3,(H,26,30)/t23-/m0/s1. The zero-order valence-corrected chi connectivity index (χ0v) is 18.5. The topological polar surface area (TPSA) is 61.9 Å². The van der Waals surface area contributed by atoms with Crippen LogP contribution in [0.25, 0.3) is 0 Å². The van der Waals surface area contributed by atoms with Crippen molar-refractivity contribution < 1.29 is 14.3 Å². The van der Waals surface area contributed by atoms with Gasteiger partial charge in [-0.3, -0.25) is 9.69 Å². The number of hydrogen-bond acceptors (Lipinski definition) is 4. The third kappa shape index (κ3) is 7.40. The van der Waals surface area contributed by atoms with Gasteiger partial charge in [-0.1, -0.05) is 74.5 Å². The monoisotopic (exact) mass is 423 g/mol. The summed E-state index contributed by atoms with van der Waals surface area (Å²) in [4.78, 5) is 30.0. The summed E-state index contributed by atoms with van der Waals surface area (Å²) in [6.07, 6.45) is -0.136. The summed E-state index contributed by atoms with van der Waals surface area (Å²) in [5.74, 6) is 0.554. The second-order valence-electron chi connectivity index (χ2n) is 8.47. The minimum absolute atomic E-state index is 0.0512. The average Bonchev–Trinajstić information content (AvgIpc) is 2.78. The molecule has 2 amide bonds. The Balaban J connectivity index is 1.60. The lowest BCUT2D eigenvalue weighted by Gasteiger charge is -2.37. The van der Waals surface area contributed by atoms with E-state index in [0.717, 1.165) is 30.8 Å². The minimum Gasteiger partial charge on any atom is -0.445 e. The van der Waals surface area contributed by atoms with Crippen molar-refractivity contribution in [2.75, 3.05) is 32.7 Å². The van der Waals surface area contributed by atoms with Gasteiger partial charge in [0.05, 0.1) is 0 Å². The lowest BCUT2D eigenvalue weighted by atomic mass is 10.0. The molecular weight excluding hydrogens is 390 g/mol. The normalized spacial score (nSPS) is 15.5. The summed E-state index contributed by atoms with van der Waals surface area (Å²) in [6.45, 7) is 8.71. The SMILES string of the molecule is CC(C)CN1CCN(C(=O)[C@H](Cc2ccccc2)NC(=O)OCc2ccccc2)CC1. The van der Waals surface area contributed by atoms with Crippen molar-refractivity contribution in [3.63, 3.8) is 0 Å². The van der Waals surface area contributed by atoms with Gasteiger partial charge in [-0.05, 0) is 17.0 Å². The Bertz CT molecular complexity index is 818. The van der Waals surface area contributed by atoms with Crippen molar-refractivity contribution in [1.82, 2.24) is 15.1 Å². The van der Waals surface area contributed by atoms with Crippen LogP contribution in [-0.4, -0.2) is 60.6 Å². The van der Waals surface area contributed by atoms with Gasteiger partial charge in [-0.25, -0.2) is 4.79 Å². The summed E-state index contributed by atoms with van der Waals surface area (Å²) in [6, 6.07) is 18.6. The van der Waals surface area contributed by atoms with Crippen molar-refractivity contribution in [3.05, 3.63) is 71.8 Å². The number of alkyl carbamates (subject to hydrolysis) is 1. The van der Waals surface area contributed by atoms with Gasteiger partial charge >= 0.3 is 6.09 Å². The molecule has 1 aliphatic rings. The molecule has 6 nitrogen and oxygen atoms in total. The van der Waals surface area contributed by atoms with Gasteiger partial charge in [0, 0.05) is 39.1 Å². The summed E-state index contributed by atoms with van der Waals surface area (Å²) in [7, 11) is 0. The van der Waals surface area contributed by atoms with E-state index in [0.29, 0.717) is 25.4 Å². The van der Waals surface area contributed by atoms with Gasteiger partial charge in [0.2, 0.25) is 5.91 Å². The molecule has 0 saturated carbocycles. The van der Waals surface area contributed by atoms with E-state index < -0.39 is 12.1 Å². The maximum Gasteiger partial charge on any atom is 0.408 e. The van der Waals surface area contributed by atoms with Gasteiger partial charge in [0.1, 0.15) is 12.6 Å². The average molecular weight is 424 g/mol. The Morgan fingerprint density at radius 1 is 0.903 bits per heavy atom. The maximum absolute atomic E-state index is 13.3. The summed E-state index contributed by atoms with van der Waals surface area (Å²) in [5, 5.41) is 2.81.